The minimum atomic E-state index is -4.55. The predicted molar refractivity (Wildman–Crippen MR) is 59.5 cm³/mol. The molecule has 0 saturated carbocycles. The van der Waals surface area contributed by atoms with Crippen LogP contribution in [0.1, 0.15) is 15.9 Å². The van der Waals surface area contributed by atoms with Gasteiger partial charge >= 0.3 is 12.1 Å². The van der Waals surface area contributed by atoms with Gasteiger partial charge in [-0.15, -0.1) is 0 Å². The fourth-order valence-electron chi connectivity index (χ4n) is 1.52. The van der Waals surface area contributed by atoms with E-state index in [1.807, 2.05) is 0 Å². The minimum Gasteiger partial charge on any atom is -0.478 e. The molecule has 0 aliphatic rings. The Balaban J connectivity index is 2.65. The van der Waals surface area contributed by atoms with Gasteiger partial charge in [0.15, 0.2) is 0 Å². The van der Waals surface area contributed by atoms with Crippen LogP contribution < -0.4 is 0 Å². The SMILES string of the molecule is O=C(O)c1csnc1-c1ccccc1C(F)(F)F. The number of nitrogens with zero attached hydrogens (tertiary/aromatic N) is 1. The molecule has 0 spiro atoms. The van der Waals surface area contributed by atoms with Crippen molar-refractivity contribution in [2.24, 2.45) is 0 Å². The van der Waals surface area contributed by atoms with E-state index in [-0.39, 0.29) is 16.8 Å². The van der Waals surface area contributed by atoms with Gasteiger partial charge in [0, 0.05) is 10.9 Å². The molecule has 1 N–H and O–H groups in total. The Kier molecular flexibility index (Phi) is 3.08. The first-order chi connectivity index (χ1) is 8.41. The summed E-state index contributed by atoms with van der Waals surface area (Å²) in [5.41, 5.74) is -1.49. The molecule has 0 bridgehead atoms. The largest absolute Gasteiger partial charge is 0.478 e. The molecular formula is C11H6F3NO2S. The van der Waals surface area contributed by atoms with Gasteiger partial charge in [0.05, 0.1) is 16.8 Å². The fraction of sp³-hybridized carbons (Fsp3) is 0.0909. The number of halogens is 3. The van der Waals surface area contributed by atoms with E-state index in [1.54, 1.807) is 0 Å². The lowest BCUT2D eigenvalue weighted by Crippen LogP contribution is -2.08. The highest BCUT2D eigenvalue weighted by Gasteiger charge is 2.34. The van der Waals surface area contributed by atoms with Crippen molar-refractivity contribution < 1.29 is 23.1 Å². The number of carboxylic acids is 1. The summed E-state index contributed by atoms with van der Waals surface area (Å²) in [6.45, 7) is 0. The Bertz CT molecular complexity index is 592. The van der Waals surface area contributed by atoms with Crippen molar-refractivity contribution in [1.29, 1.82) is 0 Å². The summed E-state index contributed by atoms with van der Waals surface area (Å²) in [5, 5.41) is 10.1. The zero-order valence-corrected chi connectivity index (χ0v) is 9.55. The van der Waals surface area contributed by atoms with Gasteiger partial charge < -0.3 is 5.11 Å². The van der Waals surface area contributed by atoms with Crippen LogP contribution in [0.3, 0.4) is 0 Å². The van der Waals surface area contributed by atoms with Crippen molar-refractivity contribution >= 4 is 17.5 Å². The predicted octanol–water partition coefficient (Wildman–Crippen LogP) is 3.53. The Hall–Kier alpha value is -1.89. The van der Waals surface area contributed by atoms with Gasteiger partial charge in [0.2, 0.25) is 0 Å². The van der Waals surface area contributed by atoms with Crippen molar-refractivity contribution in [2.75, 3.05) is 0 Å². The maximum atomic E-state index is 12.8. The molecule has 7 heteroatoms. The third-order valence-corrected chi connectivity index (χ3v) is 2.92. The standard InChI is InChI=1S/C11H6F3NO2S/c12-11(13,14)8-4-2-1-3-6(8)9-7(10(16)17)5-18-15-9/h1-5H,(H,16,17). The van der Waals surface area contributed by atoms with Gasteiger partial charge in [-0.05, 0) is 17.6 Å². The number of alkyl halides is 3. The first-order valence-corrected chi connectivity index (χ1v) is 5.59. The van der Waals surface area contributed by atoms with E-state index in [1.165, 1.54) is 23.6 Å². The first-order valence-electron chi connectivity index (χ1n) is 4.75. The highest BCUT2D eigenvalue weighted by Crippen LogP contribution is 2.37. The lowest BCUT2D eigenvalue weighted by molar-refractivity contribution is -0.137. The van der Waals surface area contributed by atoms with Crippen molar-refractivity contribution in [1.82, 2.24) is 4.37 Å². The number of rotatable bonds is 2. The molecule has 2 aromatic rings. The van der Waals surface area contributed by atoms with Gasteiger partial charge in [0.1, 0.15) is 0 Å². The monoisotopic (exact) mass is 273 g/mol. The quantitative estimate of drug-likeness (QED) is 0.910. The van der Waals surface area contributed by atoms with E-state index in [2.05, 4.69) is 4.37 Å². The second kappa shape index (κ2) is 4.41. The molecule has 0 radical (unpaired) electrons. The highest BCUT2D eigenvalue weighted by atomic mass is 32.1. The average molecular weight is 273 g/mol. The van der Waals surface area contributed by atoms with Gasteiger partial charge in [-0.2, -0.15) is 17.5 Å². The van der Waals surface area contributed by atoms with Crippen LogP contribution in [0, 0.1) is 0 Å². The van der Waals surface area contributed by atoms with Crippen LogP contribution in [0.5, 0.6) is 0 Å². The Labute approximate surface area is 104 Å². The number of aromatic nitrogens is 1. The van der Waals surface area contributed by atoms with Crippen molar-refractivity contribution in [3.63, 3.8) is 0 Å². The summed E-state index contributed by atoms with van der Waals surface area (Å²) >= 11 is 0.811. The van der Waals surface area contributed by atoms with Crippen LogP contribution in [-0.2, 0) is 6.18 Å². The van der Waals surface area contributed by atoms with Crippen LogP contribution in [0.15, 0.2) is 29.6 Å². The molecular weight excluding hydrogens is 267 g/mol. The molecule has 0 unspecified atom stereocenters. The molecule has 0 aliphatic heterocycles. The topological polar surface area (TPSA) is 50.2 Å². The molecule has 2 rings (SSSR count). The molecule has 0 amide bonds. The van der Waals surface area contributed by atoms with E-state index in [4.69, 9.17) is 5.11 Å². The Morgan fingerprint density at radius 3 is 2.56 bits per heavy atom. The molecule has 3 nitrogen and oxygen atoms in total. The molecule has 94 valence electrons. The lowest BCUT2D eigenvalue weighted by atomic mass is 10.0. The summed E-state index contributed by atoms with van der Waals surface area (Å²) in [6.07, 6.45) is -4.55. The Morgan fingerprint density at radius 1 is 1.28 bits per heavy atom. The number of hydrogen-bond acceptors (Lipinski definition) is 3. The molecule has 18 heavy (non-hydrogen) atoms. The van der Waals surface area contributed by atoms with Crippen LogP contribution in [-0.4, -0.2) is 15.4 Å². The normalized spacial score (nSPS) is 11.5. The van der Waals surface area contributed by atoms with Gasteiger partial charge in [-0.1, -0.05) is 18.2 Å². The average Bonchev–Trinajstić information content (AvgIpc) is 2.76. The minimum absolute atomic E-state index is 0.152. The van der Waals surface area contributed by atoms with E-state index in [9.17, 15) is 18.0 Å². The van der Waals surface area contributed by atoms with Crippen LogP contribution in [0.2, 0.25) is 0 Å². The van der Waals surface area contributed by atoms with Crippen molar-refractivity contribution in [3.8, 4) is 11.3 Å². The summed E-state index contributed by atoms with van der Waals surface area (Å²) in [6, 6.07) is 4.78. The van der Waals surface area contributed by atoms with Crippen molar-refractivity contribution in [3.05, 3.63) is 40.8 Å². The number of aromatic carboxylic acids is 1. The van der Waals surface area contributed by atoms with Gasteiger partial charge in [-0.25, -0.2) is 4.79 Å². The van der Waals surface area contributed by atoms with Gasteiger partial charge in [0.25, 0.3) is 0 Å². The Morgan fingerprint density at radius 2 is 1.94 bits per heavy atom. The number of benzene rings is 1. The van der Waals surface area contributed by atoms with E-state index in [0.29, 0.717) is 0 Å². The number of carboxylic acid groups (broad SMARTS) is 1. The third kappa shape index (κ3) is 2.21. The van der Waals surface area contributed by atoms with Crippen LogP contribution in [0.25, 0.3) is 11.3 Å². The lowest BCUT2D eigenvalue weighted by Gasteiger charge is -2.11. The number of hydrogen-bond donors (Lipinski definition) is 1. The maximum Gasteiger partial charge on any atom is 0.417 e. The van der Waals surface area contributed by atoms with E-state index < -0.39 is 17.7 Å². The molecule has 0 atom stereocenters. The van der Waals surface area contributed by atoms with Crippen LogP contribution >= 0.6 is 11.5 Å². The molecule has 0 saturated heterocycles. The molecule has 0 aliphatic carbocycles. The van der Waals surface area contributed by atoms with E-state index >= 15 is 0 Å². The zero-order valence-electron chi connectivity index (χ0n) is 8.73. The highest BCUT2D eigenvalue weighted by molar-refractivity contribution is 7.04. The molecule has 1 aromatic carbocycles. The second-order valence-electron chi connectivity index (χ2n) is 3.43. The summed E-state index contributed by atoms with van der Waals surface area (Å²) in [7, 11) is 0. The fourth-order valence-corrected chi connectivity index (χ4v) is 2.19. The molecule has 1 aromatic heterocycles. The molecule has 0 fully saturated rings. The maximum absolute atomic E-state index is 12.8. The smallest absolute Gasteiger partial charge is 0.417 e. The zero-order chi connectivity index (χ0) is 13.3. The first kappa shape index (κ1) is 12.6. The van der Waals surface area contributed by atoms with Gasteiger partial charge in [-0.3, -0.25) is 0 Å². The number of carbonyl (C=O) groups is 1. The molecule has 1 heterocycles. The third-order valence-electron chi connectivity index (χ3n) is 2.29. The van der Waals surface area contributed by atoms with E-state index in [0.717, 1.165) is 17.6 Å². The van der Waals surface area contributed by atoms with Crippen LogP contribution in [0.4, 0.5) is 13.2 Å². The summed E-state index contributed by atoms with van der Waals surface area (Å²) in [4.78, 5) is 10.9. The van der Waals surface area contributed by atoms with Crippen molar-refractivity contribution in [2.45, 2.75) is 6.18 Å². The summed E-state index contributed by atoms with van der Waals surface area (Å²) in [5.74, 6) is -1.30. The summed E-state index contributed by atoms with van der Waals surface area (Å²) < 4.78 is 42.1. The second-order valence-corrected chi connectivity index (χ2v) is 4.05.